The van der Waals surface area contributed by atoms with Crippen molar-refractivity contribution in [2.45, 2.75) is 44.3 Å². The molecule has 54 valence electrons. The van der Waals surface area contributed by atoms with Gasteiger partial charge in [0.25, 0.3) is 0 Å². The van der Waals surface area contributed by atoms with E-state index in [0.29, 0.717) is 6.42 Å². The molecule has 9 heavy (non-hydrogen) atoms. The van der Waals surface area contributed by atoms with Crippen LogP contribution in [-0.4, -0.2) is 12.2 Å². The first-order valence-electron chi connectivity index (χ1n) is 3.70. The van der Waals surface area contributed by atoms with Gasteiger partial charge in [0.05, 0.1) is 0 Å². The van der Waals surface area contributed by atoms with Crippen molar-refractivity contribution >= 4 is 0 Å². The molecule has 1 fully saturated rings. The van der Waals surface area contributed by atoms with Crippen LogP contribution >= 0.6 is 0 Å². The van der Waals surface area contributed by atoms with Gasteiger partial charge in [0.2, 0.25) is 0 Å². The molecule has 0 aromatic carbocycles. The average molecular weight is 131 g/mol. The Morgan fingerprint density at radius 3 is 2.56 bits per heavy atom. The third-order valence-corrected chi connectivity index (χ3v) is 1.98. The fourth-order valence-corrected chi connectivity index (χ4v) is 1.29. The van der Waals surface area contributed by atoms with Gasteiger partial charge in [0.15, 0.2) is 0 Å². The van der Waals surface area contributed by atoms with Gasteiger partial charge in [-0.2, -0.15) is 0 Å². The molecule has 0 aromatic heterocycles. The van der Waals surface area contributed by atoms with Crippen LogP contribution < -0.4 is 5.73 Å². The van der Waals surface area contributed by atoms with Crippen molar-refractivity contribution in [3.63, 3.8) is 0 Å². The van der Waals surface area contributed by atoms with Crippen molar-refractivity contribution in [1.82, 2.24) is 0 Å². The van der Waals surface area contributed by atoms with Crippen LogP contribution in [0, 0.1) is 0 Å². The molecule has 0 unspecified atom stereocenters. The van der Waals surface area contributed by atoms with Gasteiger partial charge >= 0.3 is 0 Å². The highest BCUT2D eigenvalue weighted by Gasteiger charge is 2.18. The van der Waals surface area contributed by atoms with Gasteiger partial charge in [-0.1, -0.05) is 19.3 Å². The lowest BCUT2D eigenvalue weighted by molar-refractivity contribution is 0.268. The Labute approximate surface area is 55.4 Å². The molecule has 0 radical (unpaired) electrons. The molecule has 1 aliphatic rings. The standard InChI is InChI=1S/C7H14FN/c8-6-4-2-1-3-5-7(6)9/h6-7H,1-5,9H2/t6-,7+/m0/s1. The van der Waals surface area contributed by atoms with Crippen LogP contribution in [0.15, 0.2) is 0 Å². The quantitative estimate of drug-likeness (QED) is 0.497. The molecule has 0 aliphatic heterocycles. The van der Waals surface area contributed by atoms with E-state index >= 15 is 0 Å². The van der Waals surface area contributed by atoms with Crippen molar-refractivity contribution in [2.24, 2.45) is 5.73 Å². The molecule has 1 rings (SSSR count). The molecule has 1 aliphatic carbocycles. The number of hydrogen-bond donors (Lipinski definition) is 1. The van der Waals surface area contributed by atoms with E-state index in [1.54, 1.807) is 0 Å². The minimum absolute atomic E-state index is 0.174. The van der Waals surface area contributed by atoms with Crippen molar-refractivity contribution in [1.29, 1.82) is 0 Å². The summed E-state index contributed by atoms with van der Waals surface area (Å²) < 4.78 is 12.7. The number of rotatable bonds is 0. The number of halogens is 1. The normalized spacial score (nSPS) is 38.0. The van der Waals surface area contributed by atoms with Crippen molar-refractivity contribution in [3.8, 4) is 0 Å². The van der Waals surface area contributed by atoms with Gasteiger partial charge in [-0.25, -0.2) is 4.39 Å². The minimum Gasteiger partial charge on any atom is -0.325 e. The van der Waals surface area contributed by atoms with Gasteiger partial charge in [-0.05, 0) is 12.8 Å². The molecular weight excluding hydrogens is 117 g/mol. The third kappa shape index (κ3) is 1.94. The van der Waals surface area contributed by atoms with E-state index in [2.05, 4.69) is 0 Å². The fraction of sp³-hybridized carbons (Fsp3) is 1.00. The van der Waals surface area contributed by atoms with E-state index < -0.39 is 6.17 Å². The zero-order chi connectivity index (χ0) is 6.69. The maximum atomic E-state index is 12.7. The first-order valence-corrected chi connectivity index (χ1v) is 3.70. The van der Waals surface area contributed by atoms with E-state index in [9.17, 15) is 4.39 Å². The summed E-state index contributed by atoms with van der Waals surface area (Å²) in [6, 6.07) is -0.174. The predicted molar refractivity (Wildman–Crippen MR) is 36.0 cm³/mol. The maximum Gasteiger partial charge on any atom is 0.115 e. The molecule has 1 saturated carbocycles. The van der Waals surface area contributed by atoms with Gasteiger partial charge in [-0.3, -0.25) is 0 Å². The van der Waals surface area contributed by atoms with Crippen molar-refractivity contribution in [3.05, 3.63) is 0 Å². The van der Waals surface area contributed by atoms with Gasteiger partial charge in [0, 0.05) is 6.04 Å². The Balaban J connectivity index is 2.32. The molecule has 0 saturated heterocycles. The van der Waals surface area contributed by atoms with E-state index in [4.69, 9.17) is 5.73 Å². The van der Waals surface area contributed by atoms with E-state index in [0.717, 1.165) is 25.7 Å². The summed E-state index contributed by atoms with van der Waals surface area (Å²) in [6.45, 7) is 0. The number of alkyl halides is 1. The summed E-state index contributed by atoms with van der Waals surface area (Å²) in [7, 11) is 0. The smallest absolute Gasteiger partial charge is 0.115 e. The molecule has 0 spiro atoms. The summed E-state index contributed by atoms with van der Waals surface area (Å²) in [4.78, 5) is 0. The van der Waals surface area contributed by atoms with E-state index in [1.165, 1.54) is 0 Å². The summed E-state index contributed by atoms with van der Waals surface area (Å²) in [5.41, 5.74) is 5.50. The monoisotopic (exact) mass is 131 g/mol. The molecule has 0 aromatic rings. The molecular formula is C7H14FN. The van der Waals surface area contributed by atoms with Crippen LogP contribution in [0.1, 0.15) is 32.1 Å². The first kappa shape index (κ1) is 7.00. The summed E-state index contributed by atoms with van der Waals surface area (Å²) in [5, 5.41) is 0. The Hall–Kier alpha value is -0.110. The third-order valence-electron chi connectivity index (χ3n) is 1.98. The molecule has 2 heteroatoms. The SMILES string of the molecule is N[C@@H]1CCCCC[C@@H]1F. The lowest BCUT2D eigenvalue weighted by atomic mass is 10.1. The molecule has 2 N–H and O–H groups in total. The van der Waals surface area contributed by atoms with E-state index in [1.807, 2.05) is 0 Å². The second-order valence-corrected chi connectivity index (χ2v) is 2.82. The first-order chi connectivity index (χ1) is 4.30. The van der Waals surface area contributed by atoms with Crippen LogP contribution in [0.5, 0.6) is 0 Å². The Kier molecular flexibility index (Phi) is 2.46. The highest BCUT2D eigenvalue weighted by molar-refractivity contribution is 4.75. The highest BCUT2D eigenvalue weighted by atomic mass is 19.1. The average Bonchev–Trinajstić information content (AvgIpc) is 1.99. The zero-order valence-corrected chi connectivity index (χ0v) is 5.65. The highest BCUT2D eigenvalue weighted by Crippen LogP contribution is 2.18. The van der Waals surface area contributed by atoms with Gasteiger partial charge in [0.1, 0.15) is 6.17 Å². The molecule has 1 nitrogen and oxygen atoms in total. The summed E-state index contributed by atoms with van der Waals surface area (Å²) in [5.74, 6) is 0. The van der Waals surface area contributed by atoms with E-state index in [-0.39, 0.29) is 6.04 Å². The zero-order valence-electron chi connectivity index (χ0n) is 5.65. The van der Waals surface area contributed by atoms with Crippen LogP contribution in [0.2, 0.25) is 0 Å². The Bertz CT molecular complexity index is 75.0. The van der Waals surface area contributed by atoms with Crippen LogP contribution in [-0.2, 0) is 0 Å². The fourth-order valence-electron chi connectivity index (χ4n) is 1.29. The Morgan fingerprint density at radius 1 is 1.11 bits per heavy atom. The number of hydrogen-bond acceptors (Lipinski definition) is 1. The van der Waals surface area contributed by atoms with Gasteiger partial charge < -0.3 is 5.73 Å². The second-order valence-electron chi connectivity index (χ2n) is 2.82. The largest absolute Gasteiger partial charge is 0.325 e. The summed E-state index contributed by atoms with van der Waals surface area (Å²) >= 11 is 0. The van der Waals surface area contributed by atoms with Gasteiger partial charge in [-0.15, -0.1) is 0 Å². The molecule has 0 amide bonds. The summed E-state index contributed by atoms with van der Waals surface area (Å²) in [6.07, 6.45) is 4.12. The predicted octanol–water partition coefficient (Wildman–Crippen LogP) is 1.62. The van der Waals surface area contributed by atoms with Crippen LogP contribution in [0.4, 0.5) is 4.39 Å². The second kappa shape index (κ2) is 3.16. The maximum absolute atomic E-state index is 12.7. The lowest BCUT2D eigenvalue weighted by Crippen LogP contribution is -2.29. The molecule has 0 bridgehead atoms. The Morgan fingerprint density at radius 2 is 1.78 bits per heavy atom. The van der Waals surface area contributed by atoms with Crippen LogP contribution in [0.3, 0.4) is 0 Å². The topological polar surface area (TPSA) is 26.0 Å². The number of nitrogens with two attached hydrogens (primary N) is 1. The van der Waals surface area contributed by atoms with Crippen molar-refractivity contribution in [2.75, 3.05) is 0 Å². The van der Waals surface area contributed by atoms with Crippen molar-refractivity contribution < 1.29 is 4.39 Å². The minimum atomic E-state index is -0.729. The molecule has 2 atom stereocenters. The lowest BCUT2D eigenvalue weighted by Gasteiger charge is -2.10. The van der Waals surface area contributed by atoms with Crippen LogP contribution in [0.25, 0.3) is 0 Å². The molecule has 0 heterocycles.